The van der Waals surface area contributed by atoms with Gasteiger partial charge in [-0.15, -0.1) is 11.3 Å². The monoisotopic (exact) mass is 330 g/mol. The maximum Gasteiger partial charge on any atom is 0.419 e. The van der Waals surface area contributed by atoms with Crippen molar-refractivity contribution < 1.29 is 22.6 Å². The number of nitrogens with two attached hydrogens (primary N) is 1. The molecule has 1 aromatic carbocycles. The van der Waals surface area contributed by atoms with Gasteiger partial charge in [0.25, 0.3) is 0 Å². The lowest BCUT2D eigenvalue weighted by Crippen LogP contribution is -2.18. The highest BCUT2D eigenvalue weighted by Gasteiger charge is 2.36. The average molecular weight is 330 g/mol. The summed E-state index contributed by atoms with van der Waals surface area (Å²) in [7, 11) is 0. The van der Waals surface area contributed by atoms with Crippen LogP contribution in [0.25, 0.3) is 11.3 Å². The van der Waals surface area contributed by atoms with Crippen LogP contribution in [0.2, 0.25) is 0 Å². The molecule has 0 amide bonds. The molecule has 4 nitrogen and oxygen atoms in total. The van der Waals surface area contributed by atoms with Gasteiger partial charge in [-0.1, -0.05) is 0 Å². The fourth-order valence-corrected chi connectivity index (χ4v) is 2.79. The van der Waals surface area contributed by atoms with Crippen LogP contribution in [-0.4, -0.2) is 24.3 Å². The predicted molar refractivity (Wildman–Crippen MR) is 76.8 cm³/mol. The number of thiazole rings is 1. The molecule has 8 heteroatoms. The second kappa shape index (κ2) is 5.77. The Morgan fingerprint density at radius 2 is 2.18 bits per heavy atom. The van der Waals surface area contributed by atoms with Crippen molar-refractivity contribution in [2.75, 3.05) is 18.9 Å². The molecule has 1 fully saturated rings. The summed E-state index contributed by atoms with van der Waals surface area (Å²) in [5, 5.41) is 1.93. The van der Waals surface area contributed by atoms with Gasteiger partial charge in [0.15, 0.2) is 5.13 Å². The maximum atomic E-state index is 13.3. The van der Waals surface area contributed by atoms with Gasteiger partial charge in [0.05, 0.1) is 24.5 Å². The summed E-state index contributed by atoms with van der Waals surface area (Å²) in [6.07, 6.45) is -4.27. The molecule has 0 saturated carbocycles. The molecule has 0 bridgehead atoms. The van der Waals surface area contributed by atoms with Gasteiger partial charge in [0, 0.05) is 17.4 Å². The predicted octanol–water partition coefficient (Wildman–Crippen LogP) is 3.58. The first kappa shape index (κ1) is 15.1. The third kappa shape index (κ3) is 3.17. The average Bonchev–Trinajstić information content (AvgIpc) is 3.10. The van der Waals surface area contributed by atoms with Gasteiger partial charge in [-0.2, -0.15) is 13.2 Å². The third-order valence-corrected chi connectivity index (χ3v) is 3.96. The number of benzene rings is 1. The highest BCUT2D eigenvalue weighted by Crippen LogP contribution is 2.39. The van der Waals surface area contributed by atoms with Gasteiger partial charge in [-0.25, -0.2) is 4.98 Å². The van der Waals surface area contributed by atoms with E-state index in [0.717, 1.165) is 6.07 Å². The lowest BCUT2D eigenvalue weighted by molar-refractivity contribution is -0.139. The van der Waals surface area contributed by atoms with Crippen molar-refractivity contribution in [1.29, 1.82) is 0 Å². The lowest BCUT2D eigenvalue weighted by atomic mass is 10.1. The fourth-order valence-electron chi connectivity index (χ4n) is 2.22. The Morgan fingerprint density at radius 1 is 1.36 bits per heavy atom. The number of hydrogen-bond acceptors (Lipinski definition) is 5. The molecular formula is C14H13F3N2O2S. The smallest absolute Gasteiger partial charge is 0.419 e. The topological polar surface area (TPSA) is 57.4 Å². The molecule has 22 heavy (non-hydrogen) atoms. The van der Waals surface area contributed by atoms with Crippen molar-refractivity contribution in [2.24, 2.45) is 0 Å². The van der Waals surface area contributed by atoms with Crippen molar-refractivity contribution in [3.63, 3.8) is 0 Å². The summed E-state index contributed by atoms with van der Waals surface area (Å²) in [5.41, 5.74) is 5.49. The summed E-state index contributed by atoms with van der Waals surface area (Å²) in [4.78, 5) is 4.01. The highest BCUT2D eigenvalue weighted by atomic mass is 32.1. The van der Waals surface area contributed by atoms with Crippen LogP contribution in [0.1, 0.15) is 12.0 Å². The molecular weight excluding hydrogens is 317 g/mol. The number of ether oxygens (including phenoxy) is 2. The first-order valence-electron chi connectivity index (χ1n) is 6.60. The van der Waals surface area contributed by atoms with Gasteiger partial charge >= 0.3 is 6.18 Å². The van der Waals surface area contributed by atoms with Gasteiger partial charge in [0.2, 0.25) is 0 Å². The fraction of sp³-hybridized carbons (Fsp3) is 0.357. The maximum absolute atomic E-state index is 13.3. The molecule has 0 spiro atoms. The van der Waals surface area contributed by atoms with Crippen LogP contribution >= 0.6 is 11.3 Å². The summed E-state index contributed by atoms with van der Waals surface area (Å²) in [6.45, 7) is 0.809. The molecule has 2 aromatic rings. The Labute approximate surface area is 128 Å². The quantitative estimate of drug-likeness (QED) is 0.934. The zero-order chi connectivity index (χ0) is 15.7. The number of aromatic nitrogens is 1. The molecule has 1 saturated heterocycles. The Bertz CT molecular complexity index is 666. The van der Waals surface area contributed by atoms with Gasteiger partial charge in [0.1, 0.15) is 11.9 Å². The molecule has 1 aliphatic rings. The Morgan fingerprint density at radius 3 is 2.77 bits per heavy atom. The second-order valence-electron chi connectivity index (χ2n) is 4.88. The number of anilines is 1. The number of alkyl halides is 3. The zero-order valence-electron chi connectivity index (χ0n) is 11.4. The van der Waals surface area contributed by atoms with Crippen LogP contribution in [0.5, 0.6) is 5.75 Å². The number of nitrogens with zero attached hydrogens (tertiary/aromatic N) is 1. The molecule has 0 unspecified atom stereocenters. The van der Waals surface area contributed by atoms with Crippen LogP contribution in [0.3, 0.4) is 0 Å². The van der Waals surface area contributed by atoms with Crippen LogP contribution < -0.4 is 10.5 Å². The van der Waals surface area contributed by atoms with Crippen molar-refractivity contribution in [3.05, 3.63) is 29.1 Å². The second-order valence-corrected chi connectivity index (χ2v) is 5.77. The van der Waals surface area contributed by atoms with E-state index in [0.29, 0.717) is 36.0 Å². The minimum atomic E-state index is -4.51. The standard InChI is InChI=1S/C14H13F3N2O2S/c15-14(16,17)10-5-8(11-7-22-13(18)19-11)1-2-12(10)21-9-3-4-20-6-9/h1-2,5,7,9H,3-4,6H2,(H2,18,19)/t9-/m0/s1. The largest absolute Gasteiger partial charge is 0.487 e. The molecule has 2 N–H and O–H groups in total. The van der Waals surface area contributed by atoms with E-state index in [1.807, 2.05) is 0 Å². The summed E-state index contributed by atoms with van der Waals surface area (Å²) in [5.74, 6) is -0.185. The van der Waals surface area contributed by atoms with E-state index in [2.05, 4.69) is 4.98 Å². The SMILES string of the molecule is Nc1nc(-c2ccc(O[C@H]3CCOC3)c(C(F)(F)F)c2)cs1. The Balaban J connectivity index is 1.96. The van der Waals surface area contributed by atoms with Crippen LogP contribution in [0.4, 0.5) is 18.3 Å². The van der Waals surface area contributed by atoms with E-state index in [-0.39, 0.29) is 11.9 Å². The van der Waals surface area contributed by atoms with Crippen molar-refractivity contribution in [3.8, 4) is 17.0 Å². The van der Waals surface area contributed by atoms with E-state index >= 15 is 0 Å². The van der Waals surface area contributed by atoms with Gasteiger partial charge in [-0.3, -0.25) is 0 Å². The lowest BCUT2D eigenvalue weighted by Gasteiger charge is -2.18. The van der Waals surface area contributed by atoms with E-state index in [1.165, 1.54) is 17.4 Å². The highest BCUT2D eigenvalue weighted by molar-refractivity contribution is 7.13. The zero-order valence-corrected chi connectivity index (χ0v) is 12.2. The first-order chi connectivity index (χ1) is 10.4. The van der Waals surface area contributed by atoms with Crippen molar-refractivity contribution in [2.45, 2.75) is 18.7 Å². The van der Waals surface area contributed by atoms with Crippen LogP contribution in [0, 0.1) is 0 Å². The number of hydrogen-bond donors (Lipinski definition) is 1. The van der Waals surface area contributed by atoms with E-state index in [4.69, 9.17) is 15.2 Å². The van der Waals surface area contributed by atoms with Crippen molar-refractivity contribution >= 4 is 16.5 Å². The minimum Gasteiger partial charge on any atom is -0.487 e. The summed E-state index contributed by atoms with van der Waals surface area (Å²) >= 11 is 1.18. The number of halogens is 3. The molecule has 2 heterocycles. The van der Waals surface area contributed by atoms with Crippen LogP contribution in [-0.2, 0) is 10.9 Å². The third-order valence-electron chi connectivity index (χ3n) is 3.28. The molecule has 0 radical (unpaired) electrons. The van der Waals surface area contributed by atoms with Crippen LogP contribution in [0.15, 0.2) is 23.6 Å². The first-order valence-corrected chi connectivity index (χ1v) is 7.48. The Hall–Kier alpha value is -1.80. The molecule has 1 aliphatic heterocycles. The molecule has 1 atom stereocenters. The minimum absolute atomic E-state index is 0.185. The summed E-state index contributed by atoms with van der Waals surface area (Å²) in [6, 6.07) is 3.92. The number of rotatable bonds is 3. The summed E-state index contributed by atoms with van der Waals surface area (Å²) < 4.78 is 50.4. The molecule has 1 aromatic heterocycles. The van der Waals surface area contributed by atoms with Gasteiger partial charge in [-0.05, 0) is 18.2 Å². The Kier molecular flexibility index (Phi) is 3.96. The van der Waals surface area contributed by atoms with Crippen molar-refractivity contribution in [1.82, 2.24) is 4.98 Å². The van der Waals surface area contributed by atoms with E-state index in [1.54, 1.807) is 11.4 Å². The molecule has 3 rings (SSSR count). The van der Waals surface area contributed by atoms with Gasteiger partial charge < -0.3 is 15.2 Å². The van der Waals surface area contributed by atoms with E-state index in [9.17, 15) is 13.2 Å². The number of nitrogen functional groups attached to an aromatic ring is 1. The molecule has 118 valence electrons. The molecule has 0 aliphatic carbocycles. The van der Waals surface area contributed by atoms with E-state index < -0.39 is 11.7 Å². The normalized spacial score (nSPS) is 18.6.